The van der Waals surface area contributed by atoms with Crippen LogP contribution in [-0.2, 0) is 19.9 Å². The number of carbonyl (C=O) groups excluding carboxylic acids is 2. The van der Waals surface area contributed by atoms with E-state index in [1.54, 1.807) is 36.5 Å². The van der Waals surface area contributed by atoms with Gasteiger partial charge in [0.1, 0.15) is 6.61 Å². The van der Waals surface area contributed by atoms with E-state index < -0.39 is 18.1 Å². The number of amides is 1. The zero-order valence-corrected chi connectivity index (χ0v) is 29.8. The largest absolute Gasteiger partial charge is 0.465 e. The molecule has 2 heterocycles. The molecule has 2 atom stereocenters. The molecule has 1 saturated carbocycles. The standard InChI is InChI=1S/C30H33ClF2N8O3.C5H11N/c1-29(2,3)17-30(4,23-8-5-20(6-9-23)22-14-36-41(15-22)27(32)33)37-28(34)39(18-42)26(16-44-19-43)21-7-10-24(31)25(13-21)40-12-11-35-38-40;1-5(6-2)3-4-5/h5-15,18-19,26-27H,16-17H2,1-4H3,(H2,34,37);6H,3-4H2,1-2H3/t26?,30-;/m1./s1. The van der Waals surface area contributed by atoms with E-state index in [0.717, 1.165) is 5.56 Å². The van der Waals surface area contributed by atoms with Gasteiger partial charge in [-0.15, -0.1) is 5.10 Å². The molecule has 4 aromatic rings. The van der Waals surface area contributed by atoms with Crippen molar-refractivity contribution < 1.29 is 23.1 Å². The molecule has 268 valence electrons. The highest BCUT2D eigenvalue weighted by molar-refractivity contribution is 6.32. The number of aliphatic imine (C=N–C) groups is 1. The van der Waals surface area contributed by atoms with Crippen molar-refractivity contribution >= 4 is 30.4 Å². The maximum absolute atomic E-state index is 13.0. The monoisotopic (exact) mass is 711 g/mol. The highest BCUT2D eigenvalue weighted by Gasteiger charge is 2.35. The number of nitrogens with two attached hydrogens (primary N) is 1. The van der Waals surface area contributed by atoms with E-state index >= 15 is 0 Å². The van der Waals surface area contributed by atoms with Crippen LogP contribution < -0.4 is 11.1 Å². The van der Waals surface area contributed by atoms with Crippen molar-refractivity contribution in [1.29, 1.82) is 0 Å². The number of nitrogens with one attached hydrogen (secondary N) is 1. The second-order valence-corrected chi connectivity index (χ2v) is 14.3. The summed E-state index contributed by atoms with van der Waals surface area (Å²) in [5, 5.41) is 15.1. The van der Waals surface area contributed by atoms with Crippen LogP contribution in [0.1, 0.15) is 77.6 Å². The number of hydrogen-bond donors (Lipinski definition) is 2. The Morgan fingerprint density at radius 2 is 1.86 bits per heavy atom. The van der Waals surface area contributed by atoms with Crippen molar-refractivity contribution in [2.75, 3.05) is 13.7 Å². The second-order valence-electron chi connectivity index (χ2n) is 13.9. The van der Waals surface area contributed by atoms with Gasteiger partial charge >= 0.3 is 6.55 Å². The van der Waals surface area contributed by atoms with Crippen LogP contribution in [-0.4, -0.2) is 67.7 Å². The summed E-state index contributed by atoms with van der Waals surface area (Å²) in [5.74, 6) is -0.106. The fourth-order valence-corrected chi connectivity index (χ4v) is 5.81. The van der Waals surface area contributed by atoms with Crippen LogP contribution in [0.15, 0.2) is 72.2 Å². The maximum Gasteiger partial charge on any atom is 0.333 e. The molecule has 50 heavy (non-hydrogen) atoms. The van der Waals surface area contributed by atoms with Gasteiger partial charge in [-0.3, -0.25) is 14.5 Å². The lowest BCUT2D eigenvalue weighted by atomic mass is 9.77. The Morgan fingerprint density at radius 3 is 2.36 bits per heavy atom. The summed E-state index contributed by atoms with van der Waals surface area (Å²) in [6.45, 7) is 7.65. The van der Waals surface area contributed by atoms with Gasteiger partial charge in [0.15, 0.2) is 5.96 Å². The van der Waals surface area contributed by atoms with Crippen LogP contribution in [0.2, 0.25) is 5.02 Å². The second kappa shape index (κ2) is 15.9. The van der Waals surface area contributed by atoms with Gasteiger partial charge in [-0.2, -0.15) is 13.9 Å². The Hall–Kier alpha value is -4.69. The van der Waals surface area contributed by atoms with Gasteiger partial charge in [-0.05, 0) is 74.4 Å². The number of hydrogen-bond acceptors (Lipinski definition) is 8. The minimum atomic E-state index is -2.74. The molecule has 0 saturated heterocycles. The SMILES string of the molecule is CC(C)(C)C[C@@](C)(N=C(N)N(C=O)C(COC=O)c1ccc(Cl)c(-n2ccnn2)c1)c1ccc(-c2cnn(C(F)F)c2)cc1.CNC1(C)CC1. The smallest absolute Gasteiger partial charge is 0.333 e. The fraction of sp³-hybridized carbons (Fsp3) is 0.429. The minimum Gasteiger partial charge on any atom is -0.465 e. The van der Waals surface area contributed by atoms with Gasteiger partial charge in [-0.25, -0.2) is 14.4 Å². The molecule has 1 fully saturated rings. The Morgan fingerprint density at radius 1 is 1.16 bits per heavy atom. The van der Waals surface area contributed by atoms with E-state index in [-0.39, 0.29) is 24.5 Å². The molecule has 1 aliphatic carbocycles. The van der Waals surface area contributed by atoms with E-state index in [1.165, 1.54) is 41.0 Å². The van der Waals surface area contributed by atoms with Gasteiger partial charge in [0.2, 0.25) is 6.41 Å². The number of guanidine groups is 1. The minimum absolute atomic E-state index is 0.106. The molecule has 1 unspecified atom stereocenters. The van der Waals surface area contributed by atoms with Crippen LogP contribution in [0.3, 0.4) is 0 Å². The molecule has 3 N–H and O–H groups in total. The Balaban J connectivity index is 0.000000845. The van der Waals surface area contributed by atoms with E-state index in [9.17, 15) is 18.4 Å². The number of rotatable bonds is 13. The summed E-state index contributed by atoms with van der Waals surface area (Å²) in [4.78, 5) is 29.8. The first kappa shape index (κ1) is 38.1. The summed E-state index contributed by atoms with van der Waals surface area (Å²) in [7, 11) is 2.02. The van der Waals surface area contributed by atoms with Crippen LogP contribution in [0.25, 0.3) is 16.8 Å². The highest BCUT2D eigenvalue weighted by Crippen LogP contribution is 2.39. The van der Waals surface area contributed by atoms with Crippen LogP contribution >= 0.6 is 11.6 Å². The summed E-state index contributed by atoms with van der Waals surface area (Å²) in [6.07, 6.45) is 9.55. The average molecular weight is 712 g/mol. The number of alkyl halides is 2. The molecule has 5 rings (SSSR count). The number of ether oxygens (including phenoxy) is 1. The van der Waals surface area contributed by atoms with E-state index in [2.05, 4.69) is 48.4 Å². The molecule has 0 radical (unpaired) electrons. The lowest BCUT2D eigenvalue weighted by molar-refractivity contribution is -0.131. The van der Waals surface area contributed by atoms with Crippen molar-refractivity contribution in [2.45, 2.75) is 77.6 Å². The third kappa shape index (κ3) is 9.72. The molecular weight excluding hydrogens is 668 g/mol. The Bertz CT molecular complexity index is 1750. The van der Waals surface area contributed by atoms with Crippen molar-refractivity contribution in [3.63, 3.8) is 0 Å². The van der Waals surface area contributed by atoms with Crippen LogP contribution in [0, 0.1) is 5.41 Å². The van der Waals surface area contributed by atoms with Gasteiger partial charge in [0.25, 0.3) is 6.47 Å². The van der Waals surface area contributed by atoms with Crippen molar-refractivity contribution in [1.82, 2.24) is 35.0 Å². The maximum atomic E-state index is 13.0. The predicted molar refractivity (Wildman–Crippen MR) is 188 cm³/mol. The van der Waals surface area contributed by atoms with Crippen LogP contribution in [0.5, 0.6) is 0 Å². The van der Waals surface area contributed by atoms with Crippen molar-refractivity contribution in [3.05, 3.63) is 83.4 Å². The van der Waals surface area contributed by atoms with Crippen molar-refractivity contribution in [2.24, 2.45) is 16.1 Å². The molecular formula is C35H44ClF2N9O3. The Labute approximate surface area is 295 Å². The molecule has 0 aliphatic heterocycles. The molecule has 1 aliphatic rings. The quantitative estimate of drug-likeness (QED) is 0.0937. The lowest BCUT2D eigenvalue weighted by Crippen LogP contribution is -2.43. The number of halogens is 3. The molecule has 15 heteroatoms. The lowest BCUT2D eigenvalue weighted by Gasteiger charge is -2.35. The topological polar surface area (TPSA) is 146 Å². The van der Waals surface area contributed by atoms with E-state index in [0.29, 0.717) is 50.5 Å². The van der Waals surface area contributed by atoms with E-state index in [4.69, 9.17) is 27.1 Å². The van der Waals surface area contributed by atoms with Gasteiger partial charge in [0, 0.05) is 17.3 Å². The molecule has 2 aromatic heterocycles. The molecule has 1 amide bonds. The van der Waals surface area contributed by atoms with E-state index in [1.807, 2.05) is 26.1 Å². The van der Waals surface area contributed by atoms with Crippen molar-refractivity contribution in [3.8, 4) is 16.8 Å². The van der Waals surface area contributed by atoms with Gasteiger partial charge in [0.05, 0.1) is 40.9 Å². The number of aromatic nitrogens is 5. The summed E-state index contributed by atoms with van der Waals surface area (Å²) < 4.78 is 33.2. The zero-order chi connectivity index (χ0) is 36.7. The third-order valence-electron chi connectivity index (χ3n) is 8.54. The molecule has 2 aromatic carbocycles. The molecule has 0 spiro atoms. The first-order valence-corrected chi connectivity index (χ1v) is 16.4. The summed E-state index contributed by atoms with van der Waals surface area (Å²) >= 11 is 6.41. The first-order chi connectivity index (χ1) is 23.6. The number of nitrogens with zero attached hydrogens (tertiary/aromatic N) is 7. The fourth-order valence-electron chi connectivity index (χ4n) is 5.61. The summed E-state index contributed by atoms with van der Waals surface area (Å²) in [6, 6.07) is 11.5. The van der Waals surface area contributed by atoms with Crippen LogP contribution in [0.4, 0.5) is 8.78 Å². The third-order valence-corrected chi connectivity index (χ3v) is 8.86. The first-order valence-electron chi connectivity index (χ1n) is 16.0. The number of benzene rings is 2. The van der Waals surface area contributed by atoms with Gasteiger partial charge < -0.3 is 15.8 Å². The zero-order valence-electron chi connectivity index (χ0n) is 29.1. The highest BCUT2D eigenvalue weighted by atomic mass is 35.5. The molecule has 12 nitrogen and oxygen atoms in total. The molecule has 0 bridgehead atoms. The van der Waals surface area contributed by atoms with Gasteiger partial charge in [-0.1, -0.05) is 67.9 Å². The normalized spacial score (nSPS) is 15.8. The summed E-state index contributed by atoms with van der Waals surface area (Å²) in [5.41, 5.74) is 9.03. The predicted octanol–water partition coefficient (Wildman–Crippen LogP) is 6.28. The Kier molecular flexibility index (Phi) is 12.1. The number of carbonyl (C=O) groups is 2. The average Bonchev–Trinajstić information content (AvgIpc) is 3.43.